The molecule has 1 aliphatic rings. The van der Waals surface area contributed by atoms with E-state index in [1.54, 1.807) is 59.5 Å². The fraction of sp³-hybridized carbons (Fsp3) is 0.194. The van der Waals surface area contributed by atoms with Gasteiger partial charge in [-0.05, 0) is 75.4 Å². The maximum absolute atomic E-state index is 14.7. The topological polar surface area (TPSA) is 127 Å². The lowest BCUT2D eigenvalue weighted by molar-refractivity contribution is -0.142. The van der Waals surface area contributed by atoms with E-state index in [0.717, 1.165) is 0 Å². The van der Waals surface area contributed by atoms with Crippen molar-refractivity contribution in [3.8, 4) is 0 Å². The van der Waals surface area contributed by atoms with E-state index in [0.29, 0.717) is 22.7 Å². The molecule has 0 aliphatic carbocycles. The van der Waals surface area contributed by atoms with Gasteiger partial charge < -0.3 is 15.3 Å². The molecule has 0 aromatic heterocycles. The smallest absolute Gasteiger partial charge is 0.335 e. The molecule has 0 spiro atoms. The van der Waals surface area contributed by atoms with Crippen molar-refractivity contribution >= 4 is 58.0 Å². The van der Waals surface area contributed by atoms with Crippen molar-refractivity contribution in [1.82, 2.24) is 0 Å². The van der Waals surface area contributed by atoms with Crippen LogP contribution in [0.5, 0.6) is 0 Å². The SMILES string of the molecule is CC(C)N(C(=O)CN1C(=O)C(C)(CC(=O)Nc2cccc(C(=O)O)c2)C(=O)N(c2ccccc2)c2ccccc21)c1ccccc1. The Kier molecular flexibility index (Phi) is 8.99. The Balaban J connectivity index is 1.59. The zero-order valence-corrected chi connectivity index (χ0v) is 25.7. The molecule has 46 heavy (non-hydrogen) atoms. The summed E-state index contributed by atoms with van der Waals surface area (Å²) in [4.78, 5) is 72.6. The van der Waals surface area contributed by atoms with Crippen molar-refractivity contribution in [1.29, 1.82) is 0 Å². The minimum absolute atomic E-state index is 0.0332. The number of benzene rings is 4. The largest absolute Gasteiger partial charge is 0.478 e. The van der Waals surface area contributed by atoms with Crippen LogP contribution in [-0.4, -0.2) is 47.3 Å². The number of carboxylic acid groups (broad SMARTS) is 1. The van der Waals surface area contributed by atoms with E-state index in [-0.39, 0.29) is 23.2 Å². The van der Waals surface area contributed by atoms with Gasteiger partial charge in [-0.3, -0.25) is 29.0 Å². The predicted molar refractivity (Wildman–Crippen MR) is 176 cm³/mol. The van der Waals surface area contributed by atoms with E-state index in [4.69, 9.17) is 0 Å². The van der Waals surface area contributed by atoms with Crippen LogP contribution in [0.4, 0.5) is 28.4 Å². The number of carbonyl (C=O) groups excluding carboxylic acids is 4. The Bertz CT molecular complexity index is 1790. The quantitative estimate of drug-likeness (QED) is 0.226. The van der Waals surface area contributed by atoms with Crippen LogP contribution in [0.25, 0.3) is 0 Å². The van der Waals surface area contributed by atoms with Crippen LogP contribution in [0, 0.1) is 5.41 Å². The lowest BCUT2D eigenvalue weighted by Crippen LogP contribution is -2.53. The fourth-order valence-electron chi connectivity index (χ4n) is 5.66. The van der Waals surface area contributed by atoms with Gasteiger partial charge in [0, 0.05) is 23.1 Å². The van der Waals surface area contributed by atoms with Crippen LogP contribution in [0.15, 0.2) is 109 Å². The number of para-hydroxylation sites is 4. The number of aromatic carboxylic acids is 1. The van der Waals surface area contributed by atoms with Crippen molar-refractivity contribution in [3.05, 3.63) is 115 Å². The number of rotatable bonds is 9. The van der Waals surface area contributed by atoms with Crippen LogP contribution in [-0.2, 0) is 19.2 Å². The molecule has 1 atom stereocenters. The van der Waals surface area contributed by atoms with E-state index in [9.17, 15) is 29.1 Å². The second kappa shape index (κ2) is 13.1. The zero-order chi connectivity index (χ0) is 33.0. The molecular formula is C36H34N4O6. The molecule has 1 heterocycles. The van der Waals surface area contributed by atoms with Gasteiger partial charge in [-0.2, -0.15) is 0 Å². The number of anilines is 5. The predicted octanol–water partition coefficient (Wildman–Crippen LogP) is 5.87. The molecule has 0 radical (unpaired) electrons. The molecule has 4 aromatic rings. The highest BCUT2D eigenvalue weighted by molar-refractivity contribution is 6.25. The number of amides is 4. The lowest BCUT2D eigenvalue weighted by atomic mass is 9.83. The Labute approximate surface area is 266 Å². The summed E-state index contributed by atoms with van der Waals surface area (Å²) in [6, 6.07) is 30.2. The first kappa shape index (κ1) is 31.6. The summed E-state index contributed by atoms with van der Waals surface area (Å²) in [7, 11) is 0. The average molecular weight is 619 g/mol. The highest BCUT2D eigenvalue weighted by Gasteiger charge is 2.52. The van der Waals surface area contributed by atoms with Gasteiger partial charge in [-0.1, -0.05) is 54.6 Å². The summed E-state index contributed by atoms with van der Waals surface area (Å²) in [5.74, 6) is -3.58. The van der Waals surface area contributed by atoms with E-state index < -0.39 is 42.1 Å². The molecule has 234 valence electrons. The van der Waals surface area contributed by atoms with Gasteiger partial charge in [-0.15, -0.1) is 0 Å². The van der Waals surface area contributed by atoms with Gasteiger partial charge in [0.1, 0.15) is 12.0 Å². The summed E-state index contributed by atoms with van der Waals surface area (Å²) in [6.07, 6.45) is -0.573. The standard InChI is InChI=1S/C36H34N4O6/c1-24(2)39(27-15-6-4-7-16-27)32(42)23-38-29-19-10-11-20-30(29)40(28-17-8-5-9-18-28)35(46)36(3,34(38)45)22-31(41)37-26-14-12-13-25(21-26)33(43)44/h4-21,24H,22-23H2,1-3H3,(H,37,41)(H,43,44). The van der Waals surface area contributed by atoms with Gasteiger partial charge in [0.05, 0.1) is 23.4 Å². The second-order valence-electron chi connectivity index (χ2n) is 11.5. The third kappa shape index (κ3) is 6.23. The number of nitrogens with one attached hydrogen (secondary N) is 1. The molecule has 0 fully saturated rings. The Morgan fingerprint density at radius 1 is 0.804 bits per heavy atom. The maximum Gasteiger partial charge on any atom is 0.335 e. The number of carboxylic acids is 1. The minimum atomic E-state index is -1.96. The Morgan fingerprint density at radius 3 is 2.04 bits per heavy atom. The second-order valence-corrected chi connectivity index (χ2v) is 11.5. The van der Waals surface area contributed by atoms with Crippen molar-refractivity contribution in [2.75, 3.05) is 26.6 Å². The molecule has 5 rings (SSSR count). The number of hydrogen-bond acceptors (Lipinski definition) is 5. The third-order valence-corrected chi connectivity index (χ3v) is 7.84. The van der Waals surface area contributed by atoms with Crippen LogP contribution in [0.3, 0.4) is 0 Å². The summed E-state index contributed by atoms with van der Waals surface area (Å²) in [5, 5.41) is 12.0. The Hall–Kier alpha value is -5.77. The maximum atomic E-state index is 14.7. The molecule has 0 saturated carbocycles. The highest BCUT2D eigenvalue weighted by atomic mass is 16.4. The average Bonchev–Trinajstić information content (AvgIpc) is 3.10. The number of hydrogen-bond donors (Lipinski definition) is 2. The van der Waals surface area contributed by atoms with Crippen molar-refractivity contribution in [3.63, 3.8) is 0 Å². The normalized spacial score (nSPS) is 16.1. The van der Waals surface area contributed by atoms with E-state index in [1.165, 1.54) is 41.0 Å². The molecule has 0 bridgehead atoms. The van der Waals surface area contributed by atoms with Crippen LogP contribution < -0.4 is 20.0 Å². The molecule has 4 aromatic carbocycles. The van der Waals surface area contributed by atoms with E-state index >= 15 is 0 Å². The minimum Gasteiger partial charge on any atom is -0.478 e. The summed E-state index contributed by atoms with van der Waals surface area (Å²) in [6.45, 7) is 4.76. The first-order valence-corrected chi connectivity index (χ1v) is 14.8. The number of fused-ring (bicyclic) bond motifs is 1. The van der Waals surface area contributed by atoms with Gasteiger partial charge in [0.15, 0.2) is 0 Å². The zero-order valence-electron chi connectivity index (χ0n) is 25.7. The molecule has 10 nitrogen and oxygen atoms in total. The third-order valence-electron chi connectivity index (χ3n) is 7.84. The van der Waals surface area contributed by atoms with Crippen molar-refractivity contribution in [2.45, 2.75) is 33.2 Å². The molecule has 2 N–H and O–H groups in total. The van der Waals surface area contributed by atoms with Crippen molar-refractivity contribution in [2.24, 2.45) is 5.41 Å². The van der Waals surface area contributed by atoms with E-state index in [1.807, 2.05) is 44.2 Å². The van der Waals surface area contributed by atoms with E-state index in [2.05, 4.69) is 5.32 Å². The lowest BCUT2D eigenvalue weighted by Gasteiger charge is -2.33. The Morgan fingerprint density at radius 2 is 1.41 bits per heavy atom. The van der Waals surface area contributed by atoms with Gasteiger partial charge in [-0.25, -0.2) is 4.79 Å². The molecule has 4 amide bonds. The monoisotopic (exact) mass is 618 g/mol. The molecular weight excluding hydrogens is 584 g/mol. The number of carbonyl (C=O) groups is 5. The van der Waals surface area contributed by atoms with Gasteiger partial charge >= 0.3 is 5.97 Å². The van der Waals surface area contributed by atoms with Crippen LogP contribution in [0.2, 0.25) is 0 Å². The molecule has 0 saturated heterocycles. The summed E-state index contributed by atoms with van der Waals surface area (Å²) < 4.78 is 0. The van der Waals surface area contributed by atoms with Crippen LogP contribution in [0.1, 0.15) is 37.6 Å². The highest BCUT2D eigenvalue weighted by Crippen LogP contribution is 2.44. The first-order valence-electron chi connectivity index (χ1n) is 14.8. The van der Waals surface area contributed by atoms with Crippen LogP contribution >= 0.6 is 0 Å². The van der Waals surface area contributed by atoms with Gasteiger partial charge in [0.25, 0.3) is 0 Å². The van der Waals surface area contributed by atoms with Crippen molar-refractivity contribution < 1.29 is 29.1 Å². The number of nitrogens with zero attached hydrogens (tertiary/aromatic N) is 3. The van der Waals surface area contributed by atoms with Gasteiger partial charge in [0.2, 0.25) is 23.6 Å². The summed E-state index contributed by atoms with van der Waals surface area (Å²) in [5.41, 5.74) is 0.0726. The molecule has 1 aliphatic heterocycles. The molecule has 1 unspecified atom stereocenters. The molecule has 10 heteroatoms. The first-order chi connectivity index (χ1) is 22.0. The summed E-state index contributed by atoms with van der Waals surface area (Å²) >= 11 is 0. The fourth-order valence-corrected chi connectivity index (χ4v) is 5.66.